The van der Waals surface area contributed by atoms with Crippen molar-refractivity contribution in [3.05, 3.63) is 36.6 Å². The second-order valence-electron chi connectivity index (χ2n) is 3.41. The van der Waals surface area contributed by atoms with Gasteiger partial charge in [0.2, 0.25) is 5.91 Å². The van der Waals surface area contributed by atoms with Crippen LogP contribution in [0.5, 0.6) is 0 Å². The highest BCUT2D eigenvalue weighted by molar-refractivity contribution is 5.82. The van der Waals surface area contributed by atoms with Gasteiger partial charge in [0.25, 0.3) is 0 Å². The molecule has 0 spiro atoms. The standard InChI is InChI=1S/C11H15NO/c1-4-10(7-8(2)3)12-11(13)9-5-6-9/h4,7,9H,1-2,5-6H2,3H3,(H,12,13)/b10-7+. The van der Waals surface area contributed by atoms with Gasteiger partial charge in [-0.3, -0.25) is 4.79 Å². The van der Waals surface area contributed by atoms with Crippen LogP contribution in [-0.4, -0.2) is 5.91 Å². The molecule has 0 unspecified atom stereocenters. The zero-order valence-electron chi connectivity index (χ0n) is 7.97. The van der Waals surface area contributed by atoms with Crippen LogP contribution in [0.1, 0.15) is 19.8 Å². The molecule has 0 aromatic carbocycles. The number of nitrogens with one attached hydrogen (secondary N) is 1. The first-order valence-electron chi connectivity index (χ1n) is 4.44. The third kappa shape index (κ3) is 3.28. The van der Waals surface area contributed by atoms with Crippen molar-refractivity contribution in [2.75, 3.05) is 0 Å². The molecule has 0 atom stereocenters. The van der Waals surface area contributed by atoms with Crippen LogP contribution in [0.4, 0.5) is 0 Å². The first-order valence-corrected chi connectivity index (χ1v) is 4.44. The number of allylic oxidation sites excluding steroid dienone is 3. The molecule has 70 valence electrons. The van der Waals surface area contributed by atoms with Crippen LogP contribution < -0.4 is 5.32 Å². The van der Waals surface area contributed by atoms with Crippen LogP contribution in [0, 0.1) is 5.92 Å². The average molecular weight is 177 g/mol. The van der Waals surface area contributed by atoms with E-state index in [0.29, 0.717) is 0 Å². The molecule has 0 saturated heterocycles. The lowest BCUT2D eigenvalue weighted by Crippen LogP contribution is -2.23. The van der Waals surface area contributed by atoms with E-state index in [9.17, 15) is 4.79 Å². The number of amides is 1. The molecule has 1 aliphatic carbocycles. The smallest absolute Gasteiger partial charge is 0.227 e. The molecule has 13 heavy (non-hydrogen) atoms. The summed E-state index contributed by atoms with van der Waals surface area (Å²) in [5.74, 6) is 0.334. The third-order valence-electron chi connectivity index (χ3n) is 1.84. The van der Waals surface area contributed by atoms with E-state index in [2.05, 4.69) is 18.5 Å². The van der Waals surface area contributed by atoms with Gasteiger partial charge in [0.15, 0.2) is 0 Å². The van der Waals surface area contributed by atoms with Crippen molar-refractivity contribution in [1.29, 1.82) is 0 Å². The van der Waals surface area contributed by atoms with Crippen molar-refractivity contribution >= 4 is 5.91 Å². The minimum atomic E-state index is 0.104. The molecule has 1 fully saturated rings. The molecular weight excluding hydrogens is 162 g/mol. The van der Waals surface area contributed by atoms with E-state index in [1.165, 1.54) is 0 Å². The maximum Gasteiger partial charge on any atom is 0.227 e. The topological polar surface area (TPSA) is 29.1 Å². The Morgan fingerprint density at radius 2 is 2.15 bits per heavy atom. The molecule has 1 amide bonds. The van der Waals surface area contributed by atoms with Gasteiger partial charge in [-0.25, -0.2) is 0 Å². The van der Waals surface area contributed by atoms with Crippen molar-refractivity contribution in [3.63, 3.8) is 0 Å². The molecule has 2 heteroatoms. The highest BCUT2D eigenvalue weighted by Crippen LogP contribution is 2.29. The molecule has 0 heterocycles. The van der Waals surface area contributed by atoms with E-state index < -0.39 is 0 Å². The van der Waals surface area contributed by atoms with E-state index in [0.717, 1.165) is 24.1 Å². The zero-order valence-corrected chi connectivity index (χ0v) is 7.97. The van der Waals surface area contributed by atoms with Crippen LogP contribution in [-0.2, 0) is 4.79 Å². The highest BCUT2D eigenvalue weighted by atomic mass is 16.2. The second kappa shape index (κ2) is 4.08. The first kappa shape index (κ1) is 9.78. The number of rotatable bonds is 4. The predicted octanol–water partition coefficient (Wildman–Crippen LogP) is 2.16. The molecule has 1 rings (SSSR count). The Balaban J connectivity index is 2.52. The van der Waals surface area contributed by atoms with Crippen LogP contribution in [0.3, 0.4) is 0 Å². The Bertz CT molecular complexity index is 272. The Labute approximate surface area is 79.0 Å². The molecule has 1 saturated carbocycles. The summed E-state index contributed by atoms with van der Waals surface area (Å²) >= 11 is 0. The van der Waals surface area contributed by atoms with E-state index in [1.807, 2.05) is 13.0 Å². The number of carbonyl (C=O) groups is 1. The lowest BCUT2D eigenvalue weighted by Gasteiger charge is -2.04. The summed E-state index contributed by atoms with van der Waals surface area (Å²) in [6.45, 7) is 9.24. The van der Waals surface area contributed by atoms with Crippen molar-refractivity contribution in [2.24, 2.45) is 5.92 Å². The first-order chi connectivity index (χ1) is 6.13. The van der Waals surface area contributed by atoms with E-state index in [4.69, 9.17) is 0 Å². The number of hydrogen-bond acceptors (Lipinski definition) is 1. The summed E-state index contributed by atoms with van der Waals surface area (Å²) in [6.07, 6.45) is 5.48. The maximum atomic E-state index is 11.3. The monoisotopic (exact) mass is 177 g/mol. The minimum absolute atomic E-state index is 0.104. The summed E-state index contributed by atoms with van der Waals surface area (Å²) < 4.78 is 0. The van der Waals surface area contributed by atoms with E-state index >= 15 is 0 Å². The summed E-state index contributed by atoms with van der Waals surface area (Å²) in [4.78, 5) is 11.3. The van der Waals surface area contributed by atoms with Gasteiger partial charge < -0.3 is 5.32 Å². The number of carbonyl (C=O) groups excluding carboxylic acids is 1. The van der Waals surface area contributed by atoms with Gasteiger partial charge in [0, 0.05) is 11.6 Å². The summed E-state index contributed by atoms with van der Waals surface area (Å²) in [6, 6.07) is 0. The largest absolute Gasteiger partial charge is 0.326 e. The van der Waals surface area contributed by atoms with Gasteiger partial charge >= 0.3 is 0 Å². The summed E-state index contributed by atoms with van der Waals surface area (Å²) in [5.41, 5.74) is 1.65. The van der Waals surface area contributed by atoms with Crippen molar-refractivity contribution in [1.82, 2.24) is 5.32 Å². The molecule has 1 aliphatic rings. The molecule has 1 N–H and O–H groups in total. The fourth-order valence-electron chi connectivity index (χ4n) is 1.00. The van der Waals surface area contributed by atoms with Gasteiger partial charge in [-0.05, 0) is 31.9 Å². The molecule has 0 bridgehead atoms. The van der Waals surface area contributed by atoms with E-state index in [-0.39, 0.29) is 11.8 Å². The molecular formula is C11H15NO. The fourth-order valence-corrected chi connectivity index (χ4v) is 1.00. The SMILES string of the molecule is C=C/C(=C\C(=C)C)NC(=O)C1CC1. The zero-order chi connectivity index (χ0) is 9.84. The molecule has 0 aliphatic heterocycles. The van der Waals surface area contributed by atoms with E-state index in [1.54, 1.807) is 6.08 Å². The number of hydrogen-bond donors (Lipinski definition) is 1. The lowest BCUT2D eigenvalue weighted by atomic mass is 10.2. The van der Waals surface area contributed by atoms with Gasteiger partial charge in [-0.1, -0.05) is 18.7 Å². The minimum Gasteiger partial charge on any atom is -0.326 e. The van der Waals surface area contributed by atoms with Crippen LogP contribution in [0.2, 0.25) is 0 Å². The van der Waals surface area contributed by atoms with Crippen LogP contribution in [0.15, 0.2) is 36.6 Å². The summed E-state index contributed by atoms with van der Waals surface area (Å²) in [7, 11) is 0. The Hall–Kier alpha value is -1.31. The third-order valence-corrected chi connectivity index (χ3v) is 1.84. The quantitative estimate of drug-likeness (QED) is 0.655. The molecule has 0 aromatic heterocycles. The van der Waals surface area contributed by atoms with Crippen LogP contribution >= 0.6 is 0 Å². The molecule has 2 nitrogen and oxygen atoms in total. The van der Waals surface area contributed by atoms with Gasteiger partial charge in [0.1, 0.15) is 0 Å². The van der Waals surface area contributed by atoms with Gasteiger partial charge in [0.05, 0.1) is 0 Å². The van der Waals surface area contributed by atoms with Gasteiger partial charge in [-0.2, -0.15) is 0 Å². The summed E-state index contributed by atoms with van der Waals surface area (Å²) in [5, 5.41) is 2.80. The van der Waals surface area contributed by atoms with Gasteiger partial charge in [-0.15, -0.1) is 0 Å². The normalized spacial score (nSPS) is 16.5. The maximum absolute atomic E-state index is 11.3. The fraction of sp³-hybridized carbons (Fsp3) is 0.364. The Kier molecular flexibility index (Phi) is 3.07. The lowest BCUT2D eigenvalue weighted by molar-refractivity contribution is -0.121. The molecule has 0 aromatic rings. The van der Waals surface area contributed by atoms with Crippen molar-refractivity contribution < 1.29 is 4.79 Å². The average Bonchev–Trinajstić information content (AvgIpc) is 2.84. The van der Waals surface area contributed by atoms with Crippen molar-refractivity contribution in [2.45, 2.75) is 19.8 Å². The second-order valence-corrected chi connectivity index (χ2v) is 3.41. The van der Waals surface area contributed by atoms with Crippen molar-refractivity contribution in [3.8, 4) is 0 Å². The highest BCUT2D eigenvalue weighted by Gasteiger charge is 2.29. The Morgan fingerprint density at radius 3 is 2.54 bits per heavy atom. The predicted molar refractivity (Wildman–Crippen MR) is 54.0 cm³/mol. The molecule has 0 radical (unpaired) electrons. The van der Waals surface area contributed by atoms with Crippen LogP contribution in [0.25, 0.3) is 0 Å². The Morgan fingerprint density at radius 1 is 1.54 bits per heavy atom.